The Bertz CT molecular complexity index is 248. The van der Waals surface area contributed by atoms with Crippen molar-refractivity contribution in [2.24, 2.45) is 5.92 Å². The second-order valence-corrected chi connectivity index (χ2v) is 5.84. The summed E-state index contributed by atoms with van der Waals surface area (Å²) in [5.41, 5.74) is 0. The zero-order valence-corrected chi connectivity index (χ0v) is 9.23. The predicted octanol–water partition coefficient (Wildman–Crippen LogP) is 1.50. The first-order chi connectivity index (χ1) is 6.11. The standard InChI is InChI=1S/C9H19NO2S/c1-3-8-6-4-5-7-9(8)13(11,12)10-2/h8-10H,3-7H2,1-2H3. The molecule has 1 fully saturated rings. The van der Waals surface area contributed by atoms with Gasteiger partial charge in [-0.2, -0.15) is 0 Å². The minimum atomic E-state index is -3.03. The van der Waals surface area contributed by atoms with Gasteiger partial charge in [-0.25, -0.2) is 13.1 Å². The van der Waals surface area contributed by atoms with Gasteiger partial charge >= 0.3 is 0 Å². The topological polar surface area (TPSA) is 46.2 Å². The molecule has 13 heavy (non-hydrogen) atoms. The molecule has 4 heteroatoms. The lowest BCUT2D eigenvalue weighted by atomic mass is 9.87. The van der Waals surface area contributed by atoms with Crippen molar-refractivity contribution in [3.05, 3.63) is 0 Å². The minimum Gasteiger partial charge on any atom is -0.218 e. The van der Waals surface area contributed by atoms with Crippen molar-refractivity contribution in [1.82, 2.24) is 4.72 Å². The Morgan fingerprint density at radius 1 is 1.31 bits per heavy atom. The van der Waals surface area contributed by atoms with Gasteiger partial charge in [0.1, 0.15) is 0 Å². The van der Waals surface area contributed by atoms with Crippen LogP contribution in [-0.4, -0.2) is 20.7 Å². The van der Waals surface area contributed by atoms with Crippen LogP contribution in [0.5, 0.6) is 0 Å². The Morgan fingerprint density at radius 2 is 1.92 bits per heavy atom. The molecule has 0 heterocycles. The predicted molar refractivity (Wildman–Crippen MR) is 54.0 cm³/mol. The molecule has 0 aromatic rings. The second-order valence-electron chi connectivity index (χ2n) is 3.74. The maximum absolute atomic E-state index is 11.6. The summed E-state index contributed by atoms with van der Waals surface area (Å²) in [7, 11) is -1.52. The maximum atomic E-state index is 11.6. The van der Waals surface area contributed by atoms with Crippen molar-refractivity contribution < 1.29 is 8.42 Å². The van der Waals surface area contributed by atoms with Gasteiger partial charge in [0.05, 0.1) is 5.25 Å². The van der Waals surface area contributed by atoms with E-state index in [1.807, 2.05) is 0 Å². The fraction of sp³-hybridized carbons (Fsp3) is 1.00. The lowest BCUT2D eigenvalue weighted by Crippen LogP contribution is -2.38. The molecule has 1 rings (SSSR count). The molecule has 0 spiro atoms. The van der Waals surface area contributed by atoms with Crippen molar-refractivity contribution in [2.75, 3.05) is 7.05 Å². The Labute approximate surface area is 81.0 Å². The van der Waals surface area contributed by atoms with Crippen molar-refractivity contribution in [3.8, 4) is 0 Å². The molecule has 2 unspecified atom stereocenters. The van der Waals surface area contributed by atoms with Crippen molar-refractivity contribution in [2.45, 2.75) is 44.3 Å². The molecule has 0 saturated heterocycles. The van der Waals surface area contributed by atoms with Crippen LogP contribution in [0.2, 0.25) is 0 Å². The first-order valence-corrected chi connectivity index (χ1v) is 6.58. The fourth-order valence-electron chi connectivity index (χ4n) is 2.20. The maximum Gasteiger partial charge on any atom is 0.214 e. The minimum absolute atomic E-state index is 0.142. The van der Waals surface area contributed by atoms with Crippen molar-refractivity contribution >= 4 is 10.0 Å². The third-order valence-electron chi connectivity index (χ3n) is 3.05. The monoisotopic (exact) mass is 205 g/mol. The summed E-state index contributed by atoms with van der Waals surface area (Å²) < 4.78 is 25.7. The highest BCUT2D eigenvalue weighted by atomic mass is 32.2. The van der Waals surface area contributed by atoms with Crippen LogP contribution >= 0.6 is 0 Å². The third-order valence-corrected chi connectivity index (χ3v) is 5.03. The average molecular weight is 205 g/mol. The number of nitrogens with one attached hydrogen (secondary N) is 1. The molecule has 1 N–H and O–H groups in total. The normalized spacial score (nSPS) is 30.3. The number of hydrogen-bond donors (Lipinski definition) is 1. The molecule has 2 atom stereocenters. The van der Waals surface area contributed by atoms with Crippen LogP contribution in [-0.2, 0) is 10.0 Å². The molecule has 1 aliphatic carbocycles. The highest BCUT2D eigenvalue weighted by Gasteiger charge is 2.33. The van der Waals surface area contributed by atoms with Gasteiger partial charge in [-0.3, -0.25) is 0 Å². The van der Waals surface area contributed by atoms with Gasteiger partial charge in [0.2, 0.25) is 10.0 Å². The molecule has 0 amide bonds. The molecule has 0 aliphatic heterocycles. The molecule has 0 aromatic heterocycles. The summed E-state index contributed by atoms with van der Waals surface area (Å²) in [6, 6.07) is 0. The van der Waals surface area contributed by atoms with Gasteiger partial charge in [-0.1, -0.05) is 26.2 Å². The van der Waals surface area contributed by atoms with Crippen molar-refractivity contribution in [1.29, 1.82) is 0 Å². The fourth-order valence-corrected chi connectivity index (χ4v) is 3.82. The van der Waals surface area contributed by atoms with E-state index in [0.717, 1.165) is 25.7 Å². The zero-order valence-electron chi connectivity index (χ0n) is 8.41. The van der Waals surface area contributed by atoms with Crippen LogP contribution in [0.4, 0.5) is 0 Å². The molecule has 0 radical (unpaired) electrons. The van der Waals surface area contributed by atoms with Gasteiger partial charge in [0, 0.05) is 0 Å². The van der Waals surface area contributed by atoms with E-state index in [0.29, 0.717) is 5.92 Å². The summed E-state index contributed by atoms with van der Waals surface area (Å²) in [6.07, 6.45) is 5.13. The quantitative estimate of drug-likeness (QED) is 0.759. The smallest absolute Gasteiger partial charge is 0.214 e. The molecule has 0 aromatic carbocycles. The van der Waals surface area contributed by atoms with Gasteiger partial charge in [0.25, 0.3) is 0 Å². The van der Waals surface area contributed by atoms with E-state index < -0.39 is 10.0 Å². The van der Waals surface area contributed by atoms with E-state index in [1.54, 1.807) is 0 Å². The van der Waals surface area contributed by atoms with Crippen LogP contribution in [0.15, 0.2) is 0 Å². The van der Waals surface area contributed by atoms with Gasteiger partial charge in [0.15, 0.2) is 0 Å². The Balaban J connectivity index is 2.75. The molecule has 1 saturated carbocycles. The molecule has 0 bridgehead atoms. The first kappa shape index (κ1) is 11.0. The highest BCUT2D eigenvalue weighted by Crippen LogP contribution is 2.30. The van der Waals surface area contributed by atoms with Crippen LogP contribution < -0.4 is 4.72 Å². The summed E-state index contributed by atoms with van der Waals surface area (Å²) in [6.45, 7) is 2.08. The Morgan fingerprint density at radius 3 is 2.46 bits per heavy atom. The Kier molecular flexibility index (Phi) is 3.74. The van der Waals surface area contributed by atoms with E-state index in [4.69, 9.17) is 0 Å². The summed E-state index contributed by atoms with van der Waals surface area (Å²) >= 11 is 0. The van der Waals surface area contributed by atoms with Crippen LogP contribution in [0.25, 0.3) is 0 Å². The lowest BCUT2D eigenvalue weighted by Gasteiger charge is -2.29. The number of hydrogen-bond acceptors (Lipinski definition) is 2. The van der Waals surface area contributed by atoms with Crippen molar-refractivity contribution in [3.63, 3.8) is 0 Å². The molecule has 1 aliphatic rings. The van der Waals surface area contributed by atoms with E-state index in [9.17, 15) is 8.42 Å². The number of rotatable bonds is 3. The SMILES string of the molecule is CCC1CCCCC1S(=O)(=O)NC. The molecular formula is C9H19NO2S. The summed E-state index contributed by atoms with van der Waals surface area (Å²) in [4.78, 5) is 0. The Hall–Kier alpha value is -0.0900. The average Bonchev–Trinajstić information content (AvgIpc) is 2.18. The largest absolute Gasteiger partial charge is 0.218 e. The van der Waals surface area contributed by atoms with E-state index in [2.05, 4.69) is 11.6 Å². The molecule has 78 valence electrons. The van der Waals surface area contributed by atoms with Crippen LogP contribution in [0.1, 0.15) is 39.0 Å². The summed E-state index contributed by atoms with van der Waals surface area (Å²) in [5.74, 6) is 0.367. The van der Waals surface area contributed by atoms with E-state index >= 15 is 0 Å². The van der Waals surface area contributed by atoms with Crippen LogP contribution in [0, 0.1) is 5.92 Å². The van der Waals surface area contributed by atoms with Gasteiger partial charge in [-0.05, 0) is 25.8 Å². The summed E-state index contributed by atoms with van der Waals surface area (Å²) in [5, 5.41) is -0.142. The highest BCUT2D eigenvalue weighted by molar-refractivity contribution is 7.90. The van der Waals surface area contributed by atoms with Crippen LogP contribution in [0.3, 0.4) is 0 Å². The van der Waals surface area contributed by atoms with E-state index in [-0.39, 0.29) is 5.25 Å². The van der Waals surface area contributed by atoms with Gasteiger partial charge in [-0.15, -0.1) is 0 Å². The molecule has 3 nitrogen and oxygen atoms in total. The lowest BCUT2D eigenvalue weighted by molar-refractivity contribution is 0.346. The molecular weight excluding hydrogens is 186 g/mol. The van der Waals surface area contributed by atoms with Gasteiger partial charge < -0.3 is 0 Å². The first-order valence-electron chi connectivity index (χ1n) is 5.04. The third kappa shape index (κ3) is 2.44. The number of sulfonamides is 1. The second kappa shape index (κ2) is 4.42. The van der Waals surface area contributed by atoms with E-state index in [1.165, 1.54) is 13.5 Å². The zero-order chi connectivity index (χ0) is 9.90.